The van der Waals surface area contributed by atoms with Crippen LogP contribution in [0.2, 0.25) is 0 Å². The molecule has 4 heteroatoms. The van der Waals surface area contributed by atoms with E-state index in [1.807, 2.05) is 49.4 Å². The summed E-state index contributed by atoms with van der Waals surface area (Å²) in [5, 5.41) is 13.1. The number of hydrogen-bond donors (Lipinski definition) is 2. The molecule has 0 aliphatic heterocycles. The maximum Gasteiger partial charge on any atom is 0.122 e. The van der Waals surface area contributed by atoms with Crippen molar-refractivity contribution < 1.29 is 9.84 Å². The lowest BCUT2D eigenvalue weighted by molar-refractivity contribution is 0.106. The maximum absolute atomic E-state index is 9.90. The first-order valence-corrected chi connectivity index (χ1v) is 7.23. The van der Waals surface area contributed by atoms with E-state index >= 15 is 0 Å². The SMILES string of the molecule is Cc1ccccc1OCC(O)CNCCc1ccccn1. The number of ether oxygens (including phenoxy) is 1. The Labute approximate surface area is 125 Å². The van der Waals surface area contributed by atoms with Gasteiger partial charge in [0.1, 0.15) is 18.5 Å². The highest BCUT2D eigenvalue weighted by Crippen LogP contribution is 2.16. The average molecular weight is 286 g/mol. The van der Waals surface area contributed by atoms with Gasteiger partial charge in [-0.15, -0.1) is 0 Å². The van der Waals surface area contributed by atoms with Crippen LogP contribution in [0.1, 0.15) is 11.3 Å². The summed E-state index contributed by atoms with van der Waals surface area (Å²) in [5.41, 5.74) is 2.13. The van der Waals surface area contributed by atoms with Crippen molar-refractivity contribution in [3.05, 3.63) is 59.9 Å². The van der Waals surface area contributed by atoms with Gasteiger partial charge >= 0.3 is 0 Å². The molecule has 1 aromatic heterocycles. The van der Waals surface area contributed by atoms with E-state index in [2.05, 4.69) is 10.3 Å². The highest BCUT2D eigenvalue weighted by molar-refractivity contribution is 5.31. The van der Waals surface area contributed by atoms with E-state index in [4.69, 9.17) is 4.74 Å². The summed E-state index contributed by atoms with van der Waals surface area (Å²) in [6.07, 6.45) is 2.13. The number of aliphatic hydroxyl groups excluding tert-OH is 1. The monoisotopic (exact) mass is 286 g/mol. The van der Waals surface area contributed by atoms with E-state index in [0.717, 1.165) is 30.0 Å². The lowest BCUT2D eigenvalue weighted by atomic mass is 10.2. The first-order chi connectivity index (χ1) is 10.3. The molecule has 0 spiro atoms. The molecule has 2 aromatic rings. The summed E-state index contributed by atoms with van der Waals surface area (Å²) in [5.74, 6) is 0.824. The first-order valence-electron chi connectivity index (χ1n) is 7.23. The van der Waals surface area contributed by atoms with Crippen LogP contribution in [0.4, 0.5) is 0 Å². The van der Waals surface area contributed by atoms with Gasteiger partial charge in [0, 0.05) is 31.4 Å². The second kappa shape index (κ2) is 8.39. The van der Waals surface area contributed by atoms with Crippen LogP contribution in [-0.4, -0.2) is 35.9 Å². The summed E-state index contributed by atoms with van der Waals surface area (Å²) in [6, 6.07) is 13.7. The first kappa shape index (κ1) is 15.5. The van der Waals surface area contributed by atoms with E-state index in [0.29, 0.717) is 13.2 Å². The minimum Gasteiger partial charge on any atom is -0.491 e. The molecule has 0 saturated carbocycles. The second-order valence-corrected chi connectivity index (χ2v) is 5.01. The third kappa shape index (κ3) is 5.53. The van der Waals surface area contributed by atoms with Crippen molar-refractivity contribution >= 4 is 0 Å². The van der Waals surface area contributed by atoms with E-state index in [-0.39, 0.29) is 0 Å². The number of pyridine rings is 1. The van der Waals surface area contributed by atoms with Crippen molar-refractivity contribution in [1.29, 1.82) is 0 Å². The Morgan fingerprint density at radius 2 is 2.00 bits per heavy atom. The molecule has 0 aliphatic rings. The Balaban J connectivity index is 1.62. The lowest BCUT2D eigenvalue weighted by Crippen LogP contribution is -2.32. The lowest BCUT2D eigenvalue weighted by Gasteiger charge is -2.14. The summed E-state index contributed by atoms with van der Waals surface area (Å²) >= 11 is 0. The highest BCUT2D eigenvalue weighted by Gasteiger charge is 2.06. The molecule has 2 rings (SSSR count). The predicted molar refractivity (Wildman–Crippen MR) is 83.5 cm³/mol. The number of aliphatic hydroxyl groups is 1. The maximum atomic E-state index is 9.90. The average Bonchev–Trinajstić information content (AvgIpc) is 2.52. The highest BCUT2D eigenvalue weighted by atomic mass is 16.5. The van der Waals surface area contributed by atoms with Gasteiger partial charge < -0.3 is 15.2 Å². The predicted octanol–water partition coefficient (Wildman–Crippen LogP) is 1.96. The molecule has 0 saturated heterocycles. The zero-order chi connectivity index (χ0) is 14.9. The van der Waals surface area contributed by atoms with E-state index in [9.17, 15) is 5.11 Å². The Morgan fingerprint density at radius 3 is 2.76 bits per heavy atom. The Morgan fingerprint density at radius 1 is 1.19 bits per heavy atom. The van der Waals surface area contributed by atoms with Crippen LogP contribution < -0.4 is 10.1 Å². The fourth-order valence-corrected chi connectivity index (χ4v) is 1.99. The van der Waals surface area contributed by atoms with Gasteiger partial charge in [0.15, 0.2) is 0 Å². The number of rotatable bonds is 8. The molecule has 112 valence electrons. The number of nitrogens with one attached hydrogen (secondary N) is 1. The Kier molecular flexibility index (Phi) is 6.19. The fraction of sp³-hybridized carbons (Fsp3) is 0.353. The van der Waals surface area contributed by atoms with E-state index in [1.165, 1.54) is 0 Å². The number of benzene rings is 1. The molecule has 0 radical (unpaired) electrons. The van der Waals surface area contributed by atoms with Crippen molar-refractivity contribution in [3.63, 3.8) is 0 Å². The zero-order valence-corrected chi connectivity index (χ0v) is 12.3. The van der Waals surface area contributed by atoms with Crippen LogP contribution in [0.15, 0.2) is 48.7 Å². The topological polar surface area (TPSA) is 54.4 Å². The van der Waals surface area contributed by atoms with Crippen LogP contribution >= 0.6 is 0 Å². The van der Waals surface area contributed by atoms with Gasteiger partial charge in [-0.3, -0.25) is 4.98 Å². The van der Waals surface area contributed by atoms with Crippen molar-refractivity contribution in [2.24, 2.45) is 0 Å². The van der Waals surface area contributed by atoms with Gasteiger partial charge in [-0.2, -0.15) is 0 Å². The molecule has 0 amide bonds. The smallest absolute Gasteiger partial charge is 0.122 e. The largest absolute Gasteiger partial charge is 0.491 e. The quantitative estimate of drug-likeness (QED) is 0.728. The van der Waals surface area contributed by atoms with Crippen LogP contribution in [0, 0.1) is 6.92 Å². The summed E-state index contributed by atoms with van der Waals surface area (Å²) in [4.78, 5) is 4.25. The van der Waals surface area contributed by atoms with Crippen LogP contribution in [0.25, 0.3) is 0 Å². The number of aromatic nitrogens is 1. The van der Waals surface area contributed by atoms with Crippen molar-refractivity contribution in [2.45, 2.75) is 19.4 Å². The third-order valence-corrected chi connectivity index (χ3v) is 3.19. The van der Waals surface area contributed by atoms with Crippen molar-refractivity contribution in [3.8, 4) is 5.75 Å². The zero-order valence-electron chi connectivity index (χ0n) is 12.3. The van der Waals surface area contributed by atoms with Crippen LogP contribution in [-0.2, 0) is 6.42 Å². The van der Waals surface area contributed by atoms with Crippen molar-refractivity contribution in [2.75, 3.05) is 19.7 Å². The van der Waals surface area contributed by atoms with Crippen molar-refractivity contribution in [1.82, 2.24) is 10.3 Å². The fourth-order valence-electron chi connectivity index (χ4n) is 1.99. The van der Waals surface area contributed by atoms with Gasteiger partial charge in [-0.25, -0.2) is 0 Å². The van der Waals surface area contributed by atoms with Gasteiger partial charge in [0.2, 0.25) is 0 Å². The van der Waals surface area contributed by atoms with Gasteiger partial charge in [0.25, 0.3) is 0 Å². The third-order valence-electron chi connectivity index (χ3n) is 3.19. The molecule has 2 N–H and O–H groups in total. The Hall–Kier alpha value is -1.91. The summed E-state index contributed by atoms with van der Waals surface area (Å²) in [7, 11) is 0. The molecule has 1 atom stereocenters. The normalized spacial score (nSPS) is 12.1. The Bertz CT molecular complexity index is 531. The molecule has 21 heavy (non-hydrogen) atoms. The molecule has 0 aliphatic carbocycles. The molecule has 0 bridgehead atoms. The molecule has 0 fully saturated rings. The van der Waals surface area contributed by atoms with Crippen LogP contribution in [0.3, 0.4) is 0 Å². The standard InChI is InChI=1S/C17H22N2O2/c1-14-6-2-3-8-17(14)21-13-16(20)12-18-11-9-15-7-4-5-10-19-15/h2-8,10,16,18,20H,9,11-13H2,1H3. The minimum absolute atomic E-state index is 0.293. The number of nitrogens with zero attached hydrogens (tertiary/aromatic N) is 1. The van der Waals surface area contributed by atoms with Gasteiger partial charge in [-0.05, 0) is 30.7 Å². The van der Waals surface area contributed by atoms with E-state index < -0.39 is 6.10 Å². The molecule has 4 nitrogen and oxygen atoms in total. The second-order valence-electron chi connectivity index (χ2n) is 5.01. The number of para-hydroxylation sites is 1. The van der Waals surface area contributed by atoms with Gasteiger partial charge in [0.05, 0.1) is 0 Å². The molecule has 1 aromatic carbocycles. The number of hydrogen-bond acceptors (Lipinski definition) is 4. The minimum atomic E-state index is -0.520. The summed E-state index contributed by atoms with van der Waals surface area (Å²) < 4.78 is 5.61. The van der Waals surface area contributed by atoms with E-state index in [1.54, 1.807) is 6.20 Å². The van der Waals surface area contributed by atoms with Gasteiger partial charge in [-0.1, -0.05) is 24.3 Å². The summed E-state index contributed by atoms with van der Waals surface area (Å²) in [6.45, 7) is 3.59. The molecular weight excluding hydrogens is 264 g/mol. The number of aryl methyl sites for hydroxylation is 1. The molecule has 1 unspecified atom stereocenters. The van der Waals surface area contributed by atoms with Crippen LogP contribution in [0.5, 0.6) is 5.75 Å². The molecular formula is C17H22N2O2. The molecule has 1 heterocycles.